The lowest BCUT2D eigenvalue weighted by atomic mass is 10.1. The van der Waals surface area contributed by atoms with Crippen LogP contribution < -0.4 is 15.8 Å². The molecule has 0 saturated heterocycles. The van der Waals surface area contributed by atoms with Crippen molar-refractivity contribution in [1.29, 1.82) is 0 Å². The van der Waals surface area contributed by atoms with Crippen molar-refractivity contribution >= 4 is 0 Å². The first-order chi connectivity index (χ1) is 8.17. The predicted molar refractivity (Wildman–Crippen MR) is 72.3 cm³/mol. The molecule has 3 heteroatoms. The van der Waals surface area contributed by atoms with Crippen LogP contribution in [0.3, 0.4) is 0 Å². The molecular formula is C14H24N2O. The second kappa shape index (κ2) is 7.30. The first-order valence-electron chi connectivity index (χ1n) is 6.29. The van der Waals surface area contributed by atoms with E-state index < -0.39 is 0 Å². The molecular weight excluding hydrogens is 212 g/mol. The van der Waals surface area contributed by atoms with Crippen molar-refractivity contribution in [2.24, 2.45) is 5.73 Å². The van der Waals surface area contributed by atoms with Gasteiger partial charge in [0.15, 0.2) is 0 Å². The van der Waals surface area contributed by atoms with Crippen LogP contribution in [0.4, 0.5) is 0 Å². The van der Waals surface area contributed by atoms with E-state index in [4.69, 9.17) is 10.5 Å². The summed E-state index contributed by atoms with van der Waals surface area (Å²) in [4.78, 5) is 0. The molecule has 0 aliphatic carbocycles. The Bertz CT molecular complexity index is 337. The van der Waals surface area contributed by atoms with Crippen LogP contribution in [0.5, 0.6) is 5.75 Å². The van der Waals surface area contributed by atoms with Crippen LogP contribution in [0.2, 0.25) is 0 Å². The normalized spacial score (nSPS) is 12.5. The number of hydrogen-bond donors (Lipinski definition) is 2. The molecule has 0 amide bonds. The highest BCUT2D eigenvalue weighted by Gasteiger charge is 2.03. The Kier molecular flexibility index (Phi) is 6.01. The number of benzene rings is 1. The quantitative estimate of drug-likeness (QED) is 0.713. The lowest BCUT2D eigenvalue weighted by molar-refractivity contribution is 0.407. The van der Waals surface area contributed by atoms with Gasteiger partial charge in [0, 0.05) is 18.2 Å². The predicted octanol–water partition coefficient (Wildman–Crippen LogP) is 2.08. The summed E-state index contributed by atoms with van der Waals surface area (Å²) in [5.74, 6) is 0.954. The topological polar surface area (TPSA) is 47.3 Å². The first-order valence-corrected chi connectivity index (χ1v) is 6.29. The van der Waals surface area contributed by atoms with E-state index in [0.29, 0.717) is 0 Å². The van der Waals surface area contributed by atoms with Crippen molar-refractivity contribution in [3.8, 4) is 5.75 Å². The molecule has 0 radical (unpaired) electrons. The molecule has 1 aromatic carbocycles. The lowest BCUT2D eigenvalue weighted by Crippen LogP contribution is -2.23. The van der Waals surface area contributed by atoms with Crippen molar-refractivity contribution in [2.75, 3.05) is 13.7 Å². The summed E-state index contributed by atoms with van der Waals surface area (Å²) in [6.45, 7) is 5.97. The number of aryl methyl sites for hydroxylation is 1. The maximum absolute atomic E-state index is 5.71. The monoisotopic (exact) mass is 236 g/mol. The fraction of sp³-hybridized carbons (Fsp3) is 0.571. The SMILES string of the molecule is CCc1ccc(OC)c(CNCCC(C)N)c1. The molecule has 3 nitrogen and oxygen atoms in total. The molecule has 96 valence electrons. The fourth-order valence-corrected chi connectivity index (χ4v) is 1.74. The Morgan fingerprint density at radius 2 is 2.18 bits per heavy atom. The van der Waals surface area contributed by atoms with Gasteiger partial charge in [-0.3, -0.25) is 0 Å². The van der Waals surface area contributed by atoms with E-state index in [9.17, 15) is 0 Å². The van der Waals surface area contributed by atoms with E-state index in [1.54, 1.807) is 7.11 Å². The second-order valence-corrected chi connectivity index (χ2v) is 4.44. The van der Waals surface area contributed by atoms with Gasteiger partial charge in [-0.15, -0.1) is 0 Å². The van der Waals surface area contributed by atoms with Gasteiger partial charge in [-0.2, -0.15) is 0 Å². The number of ether oxygens (including phenoxy) is 1. The van der Waals surface area contributed by atoms with Gasteiger partial charge >= 0.3 is 0 Å². The van der Waals surface area contributed by atoms with E-state index in [1.807, 2.05) is 13.0 Å². The highest BCUT2D eigenvalue weighted by Crippen LogP contribution is 2.19. The van der Waals surface area contributed by atoms with E-state index >= 15 is 0 Å². The minimum atomic E-state index is 0.256. The summed E-state index contributed by atoms with van der Waals surface area (Å²) < 4.78 is 5.36. The average molecular weight is 236 g/mol. The van der Waals surface area contributed by atoms with Crippen LogP contribution in [-0.4, -0.2) is 19.7 Å². The zero-order valence-electron chi connectivity index (χ0n) is 11.1. The summed E-state index contributed by atoms with van der Waals surface area (Å²) >= 11 is 0. The minimum Gasteiger partial charge on any atom is -0.496 e. The Labute approximate surface area is 104 Å². The summed E-state index contributed by atoms with van der Waals surface area (Å²) in [5, 5.41) is 3.40. The minimum absolute atomic E-state index is 0.256. The molecule has 0 fully saturated rings. The van der Waals surface area contributed by atoms with E-state index in [0.717, 1.165) is 31.7 Å². The Morgan fingerprint density at radius 1 is 1.41 bits per heavy atom. The molecule has 0 aromatic heterocycles. The second-order valence-electron chi connectivity index (χ2n) is 4.44. The van der Waals surface area contributed by atoms with Gasteiger partial charge in [0.1, 0.15) is 5.75 Å². The van der Waals surface area contributed by atoms with Crippen LogP contribution in [0, 0.1) is 0 Å². The zero-order chi connectivity index (χ0) is 12.7. The van der Waals surface area contributed by atoms with Crippen LogP contribution in [0.1, 0.15) is 31.4 Å². The van der Waals surface area contributed by atoms with Gasteiger partial charge in [-0.1, -0.05) is 19.1 Å². The third kappa shape index (κ3) is 4.75. The maximum atomic E-state index is 5.71. The van der Waals surface area contributed by atoms with Crippen molar-refractivity contribution in [3.63, 3.8) is 0 Å². The molecule has 0 saturated carbocycles. The van der Waals surface area contributed by atoms with Gasteiger partial charge in [0.25, 0.3) is 0 Å². The van der Waals surface area contributed by atoms with Crippen LogP contribution in [-0.2, 0) is 13.0 Å². The number of rotatable bonds is 7. The summed E-state index contributed by atoms with van der Waals surface area (Å²) in [7, 11) is 1.71. The molecule has 17 heavy (non-hydrogen) atoms. The van der Waals surface area contributed by atoms with Gasteiger partial charge in [-0.05, 0) is 37.9 Å². The number of nitrogens with one attached hydrogen (secondary N) is 1. The standard InChI is InChI=1S/C14H24N2O/c1-4-12-5-6-14(17-3)13(9-12)10-16-8-7-11(2)15/h5-6,9,11,16H,4,7-8,10,15H2,1-3H3. The molecule has 0 bridgehead atoms. The van der Waals surface area contributed by atoms with Crippen LogP contribution in [0.25, 0.3) is 0 Å². The third-order valence-electron chi connectivity index (χ3n) is 2.84. The number of nitrogens with two attached hydrogens (primary N) is 1. The fourth-order valence-electron chi connectivity index (χ4n) is 1.74. The smallest absolute Gasteiger partial charge is 0.123 e. The molecule has 0 aliphatic rings. The van der Waals surface area contributed by atoms with Gasteiger partial charge in [0.05, 0.1) is 7.11 Å². The van der Waals surface area contributed by atoms with Gasteiger partial charge in [0.2, 0.25) is 0 Å². The lowest BCUT2D eigenvalue weighted by Gasteiger charge is -2.12. The van der Waals surface area contributed by atoms with E-state index in [-0.39, 0.29) is 6.04 Å². The number of methoxy groups -OCH3 is 1. The van der Waals surface area contributed by atoms with Crippen molar-refractivity contribution in [1.82, 2.24) is 5.32 Å². The first kappa shape index (κ1) is 14.0. The van der Waals surface area contributed by atoms with Crippen LogP contribution >= 0.6 is 0 Å². The van der Waals surface area contributed by atoms with Gasteiger partial charge in [-0.25, -0.2) is 0 Å². The van der Waals surface area contributed by atoms with Crippen molar-refractivity contribution in [3.05, 3.63) is 29.3 Å². The molecule has 1 rings (SSSR count). The Morgan fingerprint density at radius 3 is 2.76 bits per heavy atom. The molecule has 1 aromatic rings. The Hall–Kier alpha value is -1.06. The maximum Gasteiger partial charge on any atom is 0.123 e. The van der Waals surface area contributed by atoms with Crippen molar-refractivity contribution < 1.29 is 4.74 Å². The molecule has 1 unspecified atom stereocenters. The summed E-state index contributed by atoms with van der Waals surface area (Å²) in [6.07, 6.45) is 2.05. The Balaban J connectivity index is 2.55. The highest BCUT2D eigenvalue weighted by atomic mass is 16.5. The highest BCUT2D eigenvalue weighted by molar-refractivity contribution is 5.37. The zero-order valence-corrected chi connectivity index (χ0v) is 11.1. The summed E-state index contributed by atoms with van der Waals surface area (Å²) in [5.41, 5.74) is 8.27. The van der Waals surface area contributed by atoms with Crippen molar-refractivity contribution in [2.45, 2.75) is 39.3 Å². The largest absolute Gasteiger partial charge is 0.496 e. The summed E-state index contributed by atoms with van der Waals surface area (Å²) in [6, 6.07) is 6.62. The molecule has 0 heterocycles. The average Bonchev–Trinajstić information content (AvgIpc) is 2.34. The van der Waals surface area contributed by atoms with Gasteiger partial charge < -0.3 is 15.8 Å². The third-order valence-corrected chi connectivity index (χ3v) is 2.84. The molecule has 3 N–H and O–H groups in total. The van der Waals surface area contributed by atoms with E-state index in [1.165, 1.54) is 11.1 Å². The molecule has 0 aliphatic heterocycles. The number of hydrogen-bond acceptors (Lipinski definition) is 3. The van der Waals surface area contributed by atoms with Crippen LogP contribution in [0.15, 0.2) is 18.2 Å². The van der Waals surface area contributed by atoms with E-state index in [2.05, 4.69) is 24.4 Å². The molecule has 0 spiro atoms. The molecule has 1 atom stereocenters.